The lowest BCUT2D eigenvalue weighted by atomic mass is 9.80. The van der Waals surface area contributed by atoms with Crippen LogP contribution in [-0.2, 0) is 9.59 Å². The van der Waals surface area contributed by atoms with Crippen LogP contribution in [0.2, 0.25) is 0 Å². The average molecular weight is 337 g/mol. The van der Waals surface area contributed by atoms with Crippen molar-refractivity contribution in [3.05, 3.63) is 0 Å². The molecule has 0 aromatic carbocycles. The van der Waals surface area contributed by atoms with E-state index >= 15 is 0 Å². The van der Waals surface area contributed by atoms with Crippen LogP contribution < -0.4 is 5.32 Å². The van der Waals surface area contributed by atoms with Gasteiger partial charge in [0.05, 0.1) is 0 Å². The van der Waals surface area contributed by atoms with Crippen LogP contribution in [0.3, 0.4) is 0 Å². The van der Waals surface area contributed by atoms with Crippen molar-refractivity contribution in [2.45, 2.75) is 90.5 Å². The summed E-state index contributed by atoms with van der Waals surface area (Å²) in [6.45, 7) is 6.11. The zero-order valence-electron chi connectivity index (χ0n) is 15.7. The van der Waals surface area contributed by atoms with Crippen molar-refractivity contribution in [2.75, 3.05) is 13.1 Å². The highest BCUT2D eigenvalue weighted by Crippen LogP contribution is 2.32. The summed E-state index contributed by atoms with van der Waals surface area (Å²) in [7, 11) is 0. The summed E-state index contributed by atoms with van der Waals surface area (Å²) in [6, 6.07) is 0.450. The van der Waals surface area contributed by atoms with E-state index in [9.17, 15) is 9.59 Å². The van der Waals surface area contributed by atoms with E-state index in [1.165, 1.54) is 19.3 Å². The molecule has 4 nitrogen and oxygen atoms in total. The molecule has 1 aliphatic carbocycles. The summed E-state index contributed by atoms with van der Waals surface area (Å²) < 4.78 is 0. The van der Waals surface area contributed by atoms with Gasteiger partial charge >= 0.3 is 0 Å². The molecule has 24 heavy (non-hydrogen) atoms. The second-order valence-corrected chi connectivity index (χ2v) is 7.64. The van der Waals surface area contributed by atoms with Crippen molar-refractivity contribution in [3.63, 3.8) is 0 Å². The predicted molar refractivity (Wildman–Crippen MR) is 97.6 cm³/mol. The highest BCUT2D eigenvalue weighted by atomic mass is 16.2. The van der Waals surface area contributed by atoms with Crippen LogP contribution in [-0.4, -0.2) is 35.8 Å². The van der Waals surface area contributed by atoms with Crippen LogP contribution in [0.4, 0.5) is 0 Å². The number of likely N-dealkylation sites (tertiary alicyclic amines) is 1. The number of carbonyl (C=O) groups is 2. The first kappa shape index (κ1) is 19.3. The van der Waals surface area contributed by atoms with Gasteiger partial charge in [0.2, 0.25) is 11.8 Å². The van der Waals surface area contributed by atoms with Gasteiger partial charge in [-0.2, -0.15) is 0 Å². The molecule has 1 saturated heterocycles. The molecule has 4 heteroatoms. The van der Waals surface area contributed by atoms with E-state index in [0.717, 1.165) is 64.5 Å². The maximum absolute atomic E-state index is 12.9. The maximum Gasteiger partial charge on any atom is 0.225 e. The van der Waals surface area contributed by atoms with Gasteiger partial charge in [-0.1, -0.05) is 26.7 Å². The SMILES string of the molecule is CCCCCNC(=O)C1CCC(C(=O)N2CCCCC2CC)CC1. The zero-order chi connectivity index (χ0) is 17.4. The molecule has 0 aromatic rings. The van der Waals surface area contributed by atoms with Gasteiger partial charge in [-0.05, 0) is 57.8 Å². The van der Waals surface area contributed by atoms with Crippen molar-refractivity contribution in [1.29, 1.82) is 0 Å². The van der Waals surface area contributed by atoms with Crippen LogP contribution in [0.25, 0.3) is 0 Å². The van der Waals surface area contributed by atoms with E-state index in [-0.39, 0.29) is 17.7 Å². The molecule has 2 aliphatic rings. The molecule has 2 rings (SSSR count). The van der Waals surface area contributed by atoms with Crippen LogP contribution in [0.1, 0.15) is 84.5 Å². The molecular formula is C20H36N2O2. The Hall–Kier alpha value is -1.06. The van der Waals surface area contributed by atoms with Crippen molar-refractivity contribution in [3.8, 4) is 0 Å². The molecule has 138 valence electrons. The fraction of sp³-hybridized carbons (Fsp3) is 0.900. The lowest BCUT2D eigenvalue weighted by molar-refractivity contribution is -0.141. The molecule has 1 aliphatic heterocycles. The van der Waals surface area contributed by atoms with Crippen LogP contribution in [0, 0.1) is 11.8 Å². The van der Waals surface area contributed by atoms with Gasteiger partial charge in [0.1, 0.15) is 0 Å². The molecule has 1 N–H and O–H groups in total. The lowest BCUT2D eigenvalue weighted by Crippen LogP contribution is -2.47. The summed E-state index contributed by atoms with van der Waals surface area (Å²) in [5.41, 5.74) is 0. The minimum atomic E-state index is 0.124. The normalized spacial score (nSPS) is 27.8. The Labute approximate surface area is 147 Å². The third-order valence-corrected chi connectivity index (χ3v) is 5.91. The number of rotatable bonds is 7. The number of hydrogen-bond acceptors (Lipinski definition) is 2. The van der Waals surface area contributed by atoms with Gasteiger partial charge in [-0.25, -0.2) is 0 Å². The van der Waals surface area contributed by atoms with E-state index < -0.39 is 0 Å². The Bertz CT molecular complexity index is 402. The van der Waals surface area contributed by atoms with Gasteiger partial charge in [0, 0.05) is 31.0 Å². The van der Waals surface area contributed by atoms with E-state index in [4.69, 9.17) is 0 Å². The Morgan fingerprint density at radius 3 is 2.33 bits per heavy atom. The van der Waals surface area contributed by atoms with Crippen molar-refractivity contribution >= 4 is 11.8 Å². The second-order valence-electron chi connectivity index (χ2n) is 7.64. The molecule has 0 spiro atoms. The summed E-state index contributed by atoms with van der Waals surface area (Å²) in [6.07, 6.45) is 11.6. The molecule has 1 heterocycles. The maximum atomic E-state index is 12.9. The molecule has 1 saturated carbocycles. The standard InChI is InChI=1S/C20H36N2O2/c1-3-5-7-14-21-19(23)16-10-12-17(13-11-16)20(24)22-15-8-6-9-18(22)4-2/h16-18H,3-15H2,1-2H3,(H,21,23). The fourth-order valence-electron chi connectivity index (χ4n) is 4.28. The van der Waals surface area contributed by atoms with E-state index in [2.05, 4.69) is 24.1 Å². The number of nitrogens with zero attached hydrogens (tertiary/aromatic N) is 1. The molecule has 0 bridgehead atoms. The highest BCUT2D eigenvalue weighted by molar-refractivity contribution is 5.81. The minimum absolute atomic E-state index is 0.124. The number of carbonyl (C=O) groups excluding carboxylic acids is 2. The third kappa shape index (κ3) is 5.22. The quantitative estimate of drug-likeness (QED) is 0.717. The summed E-state index contributed by atoms with van der Waals surface area (Å²) in [4.78, 5) is 27.3. The van der Waals surface area contributed by atoms with Crippen LogP contribution >= 0.6 is 0 Å². The van der Waals surface area contributed by atoms with Gasteiger partial charge in [0.25, 0.3) is 0 Å². The van der Waals surface area contributed by atoms with Crippen molar-refractivity contribution < 1.29 is 9.59 Å². The fourth-order valence-corrected chi connectivity index (χ4v) is 4.28. The minimum Gasteiger partial charge on any atom is -0.356 e. The molecular weight excluding hydrogens is 300 g/mol. The van der Waals surface area contributed by atoms with Crippen LogP contribution in [0.5, 0.6) is 0 Å². The van der Waals surface area contributed by atoms with E-state index in [1.54, 1.807) is 0 Å². The van der Waals surface area contributed by atoms with Gasteiger partial charge in [0.15, 0.2) is 0 Å². The second kappa shape index (κ2) is 10.0. The number of amides is 2. The third-order valence-electron chi connectivity index (χ3n) is 5.91. The zero-order valence-corrected chi connectivity index (χ0v) is 15.7. The first-order valence-electron chi connectivity index (χ1n) is 10.3. The van der Waals surface area contributed by atoms with Crippen LogP contribution in [0.15, 0.2) is 0 Å². The van der Waals surface area contributed by atoms with Gasteiger partial charge < -0.3 is 10.2 Å². The number of unbranched alkanes of at least 4 members (excludes halogenated alkanes) is 2. The first-order chi connectivity index (χ1) is 11.7. The molecule has 1 unspecified atom stereocenters. The number of nitrogens with one attached hydrogen (secondary N) is 1. The van der Waals surface area contributed by atoms with Crippen molar-refractivity contribution in [2.24, 2.45) is 11.8 Å². The molecule has 2 fully saturated rings. The van der Waals surface area contributed by atoms with E-state index in [1.807, 2.05) is 0 Å². The lowest BCUT2D eigenvalue weighted by Gasteiger charge is -2.39. The summed E-state index contributed by atoms with van der Waals surface area (Å²) in [5.74, 6) is 0.852. The van der Waals surface area contributed by atoms with Gasteiger partial charge in [-0.15, -0.1) is 0 Å². The Balaban J connectivity index is 1.75. The Kier molecular flexibility index (Phi) is 8.07. The van der Waals surface area contributed by atoms with E-state index in [0.29, 0.717) is 11.9 Å². The number of hydrogen-bond donors (Lipinski definition) is 1. The smallest absolute Gasteiger partial charge is 0.225 e. The Morgan fingerprint density at radius 1 is 0.958 bits per heavy atom. The first-order valence-corrected chi connectivity index (χ1v) is 10.3. The number of piperidine rings is 1. The summed E-state index contributed by atoms with van der Waals surface area (Å²) >= 11 is 0. The average Bonchev–Trinajstić information content (AvgIpc) is 2.64. The monoisotopic (exact) mass is 336 g/mol. The molecule has 2 amide bonds. The predicted octanol–water partition coefficient (Wildman–Crippen LogP) is 3.89. The molecule has 0 radical (unpaired) electrons. The van der Waals surface area contributed by atoms with Crippen molar-refractivity contribution in [1.82, 2.24) is 10.2 Å². The van der Waals surface area contributed by atoms with Gasteiger partial charge in [-0.3, -0.25) is 9.59 Å². The summed E-state index contributed by atoms with van der Waals surface area (Å²) in [5, 5.41) is 3.08. The largest absolute Gasteiger partial charge is 0.356 e. The molecule has 0 aromatic heterocycles. The molecule has 1 atom stereocenters. The topological polar surface area (TPSA) is 49.4 Å². The highest BCUT2D eigenvalue weighted by Gasteiger charge is 2.34. The Morgan fingerprint density at radius 2 is 1.67 bits per heavy atom.